The van der Waals surface area contributed by atoms with Crippen LogP contribution in [0.1, 0.15) is 37.3 Å². The van der Waals surface area contributed by atoms with Crippen LogP contribution < -0.4 is 10.6 Å². The summed E-state index contributed by atoms with van der Waals surface area (Å²) in [5.74, 6) is -0.557. The predicted molar refractivity (Wildman–Crippen MR) is 70.4 cm³/mol. The summed E-state index contributed by atoms with van der Waals surface area (Å²) in [7, 11) is 0. The van der Waals surface area contributed by atoms with Gasteiger partial charge in [0.05, 0.1) is 5.92 Å². The lowest BCUT2D eigenvalue weighted by atomic mass is 9.89. The van der Waals surface area contributed by atoms with Crippen LogP contribution in [0.4, 0.5) is 5.69 Å². The average molecular weight is 246 g/mol. The Kier molecular flexibility index (Phi) is 3.36. The predicted octanol–water partition coefficient (Wildman–Crippen LogP) is 1.95. The topological polar surface area (TPSA) is 58.2 Å². The highest BCUT2D eigenvalue weighted by Crippen LogP contribution is 2.32. The van der Waals surface area contributed by atoms with E-state index in [4.69, 9.17) is 0 Å². The summed E-state index contributed by atoms with van der Waals surface area (Å²) < 4.78 is 0. The van der Waals surface area contributed by atoms with E-state index in [1.807, 2.05) is 39.0 Å². The van der Waals surface area contributed by atoms with Crippen LogP contribution in [0.15, 0.2) is 18.2 Å². The summed E-state index contributed by atoms with van der Waals surface area (Å²) in [4.78, 5) is 23.8. The van der Waals surface area contributed by atoms with Gasteiger partial charge in [0.25, 0.3) is 0 Å². The van der Waals surface area contributed by atoms with Crippen molar-refractivity contribution < 1.29 is 9.59 Å². The fraction of sp³-hybridized carbons (Fsp3) is 0.429. The second kappa shape index (κ2) is 4.80. The fourth-order valence-electron chi connectivity index (χ4n) is 2.20. The summed E-state index contributed by atoms with van der Waals surface area (Å²) in [6.45, 7) is 5.79. The van der Waals surface area contributed by atoms with E-state index in [9.17, 15) is 9.59 Å². The minimum absolute atomic E-state index is 0.0787. The van der Waals surface area contributed by atoms with E-state index in [-0.39, 0.29) is 30.2 Å². The van der Waals surface area contributed by atoms with E-state index in [1.54, 1.807) is 0 Å². The molecule has 1 unspecified atom stereocenters. The van der Waals surface area contributed by atoms with Crippen molar-refractivity contribution >= 4 is 17.5 Å². The number of rotatable bonds is 2. The molecule has 4 nitrogen and oxygen atoms in total. The number of amides is 2. The molecule has 2 N–H and O–H groups in total. The van der Waals surface area contributed by atoms with Crippen LogP contribution in [0.25, 0.3) is 0 Å². The van der Waals surface area contributed by atoms with Crippen molar-refractivity contribution in [2.24, 2.45) is 0 Å². The molecule has 0 bridgehead atoms. The second-order valence-electron chi connectivity index (χ2n) is 5.06. The van der Waals surface area contributed by atoms with Crippen molar-refractivity contribution in [1.29, 1.82) is 0 Å². The Hall–Kier alpha value is -1.84. The first-order valence-electron chi connectivity index (χ1n) is 6.18. The maximum absolute atomic E-state index is 12.1. The Balaban J connectivity index is 2.33. The van der Waals surface area contributed by atoms with Gasteiger partial charge in [-0.15, -0.1) is 0 Å². The van der Waals surface area contributed by atoms with Crippen LogP contribution >= 0.6 is 0 Å². The zero-order chi connectivity index (χ0) is 13.3. The molecule has 0 saturated heterocycles. The van der Waals surface area contributed by atoms with Crippen molar-refractivity contribution in [2.45, 2.75) is 39.2 Å². The minimum Gasteiger partial charge on any atom is -0.353 e. The van der Waals surface area contributed by atoms with Gasteiger partial charge in [-0.1, -0.05) is 12.1 Å². The van der Waals surface area contributed by atoms with Crippen LogP contribution in [-0.2, 0) is 9.59 Å². The number of carbonyl (C=O) groups is 2. The minimum atomic E-state index is -0.378. The van der Waals surface area contributed by atoms with Crippen molar-refractivity contribution in [3.63, 3.8) is 0 Å². The van der Waals surface area contributed by atoms with Crippen LogP contribution in [0.2, 0.25) is 0 Å². The Morgan fingerprint density at radius 1 is 1.44 bits per heavy atom. The Morgan fingerprint density at radius 2 is 2.17 bits per heavy atom. The van der Waals surface area contributed by atoms with Gasteiger partial charge < -0.3 is 10.6 Å². The van der Waals surface area contributed by atoms with Gasteiger partial charge >= 0.3 is 0 Å². The highest BCUT2D eigenvalue weighted by atomic mass is 16.2. The van der Waals surface area contributed by atoms with Gasteiger partial charge in [0, 0.05) is 18.2 Å². The van der Waals surface area contributed by atoms with Gasteiger partial charge in [0.15, 0.2) is 0 Å². The summed E-state index contributed by atoms with van der Waals surface area (Å²) in [6.07, 6.45) is 0.217. The van der Waals surface area contributed by atoms with E-state index in [0.29, 0.717) is 0 Å². The molecule has 2 amide bonds. The maximum Gasteiger partial charge on any atom is 0.228 e. The molecule has 96 valence electrons. The standard InChI is InChI=1S/C14H18N2O2/c1-8(2)15-14(18)11-7-13(17)16-12-6-9(3)4-5-10(11)12/h4-6,8,11H,7H2,1-3H3,(H,15,18)(H,16,17). The number of aryl methyl sites for hydroxylation is 1. The quantitative estimate of drug-likeness (QED) is 0.838. The third-order valence-corrected chi connectivity index (χ3v) is 3.00. The third kappa shape index (κ3) is 2.53. The number of hydrogen-bond acceptors (Lipinski definition) is 2. The molecule has 0 aliphatic carbocycles. The lowest BCUT2D eigenvalue weighted by Crippen LogP contribution is -2.38. The Morgan fingerprint density at radius 3 is 2.83 bits per heavy atom. The van der Waals surface area contributed by atoms with E-state index < -0.39 is 0 Å². The zero-order valence-electron chi connectivity index (χ0n) is 10.9. The molecule has 0 spiro atoms. The van der Waals surface area contributed by atoms with Crippen LogP contribution in [0.3, 0.4) is 0 Å². The van der Waals surface area contributed by atoms with E-state index in [1.165, 1.54) is 0 Å². The summed E-state index contributed by atoms with van der Waals surface area (Å²) >= 11 is 0. The molecular weight excluding hydrogens is 228 g/mol. The van der Waals surface area contributed by atoms with Crippen LogP contribution in [-0.4, -0.2) is 17.9 Å². The Bertz CT molecular complexity index is 495. The lowest BCUT2D eigenvalue weighted by Gasteiger charge is -2.26. The largest absolute Gasteiger partial charge is 0.353 e. The number of benzene rings is 1. The molecule has 1 heterocycles. The van der Waals surface area contributed by atoms with E-state index >= 15 is 0 Å². The fourth-order valence-corrected chi connectivity index (χ4v) is 2.20. The third-order valence-electron chi connectivity index (χ3n) is 3.00. The maximum atomic E-state index is 12.1. The molecule has 1 aromatic carbocycles. The van der Waals surface area contributed by atoms with Gasteiger partial charge in [0.1, 0.15) is 0 Å². The van der Waals surface area contributed by atoms with Gasteiger partial charge in [-0.3, -0.25) is 9.59 Å². The van der Waals surface area contributed by atoms with Crippen molar-refractivity contribution in [1.82, 2.24) is 5.32 Å². The summed E-state index contributed by atoms with van der Waals surface area (Å²) in [6, 6.07) is 5.87. The molecule has 0 radical (unpaired) electrons. The smallest absolute Gasteiger partial charge is 0.228 e. The van der Waals surface area contributed by atoms with Gasteiger partial charge in [0.2, 0.25) is 11.8 Å². The van der Waals surface area contributed by atoms with Gasteiger partial charge in [-0.05, 0) is 38.0 Å². The molecule has 18 heavy (non-hydrogen) atoms. The second-order valence-corrected chi connectivity index (χ2v) is 5.06. The highest BCUT2D eigenvalue weighted by molar-refractivity contribution is 6.01. The van der Waals surface area contributed by atoms with Crippen molar-refractivity contribution in [2.75, 3.05) is 5.32 Å². The van der Waals surface area contributed by atoms with E-state index in [0.717, 1.165) is 16.8 Å². The zero-order valence-corrected chi connectivity index (χ0v) is 10.9. The number of carbonyl (C=O) groups excluding carboxylic acids is 2. The molecule has 4 heteroatoms. The average Bonchev–Trinajstić information content (AvgIpc) is 2.26. The van der Waals surface area contributed by atoms with Gasteiger partial charge in [-0.25, -0.2) is 0 Å². The molecule has 2 rings (SSSR count). The highest BCUT2D eigenvalue weighted by Gasteiger charge is 2.30. The molecule has 0 fully saturated rings. The first-order valence-corrected chi connectivity index (χ1v) is 6.18. The number of fused-ring (bicyclic) bond motifs is 1. The van der Waals surface area contributed by atoms with E-state index in [2.05, 4.69) is 10.6 Å². The molecule has 1 atom stereocenters. The first kappa shape index (κ1) is 12.6. The SMILES string of the molecule is Cc1ccc2c(c1)NC(=O)CC2C(=O)NC(C)C. The van der Waals surface area contributed by atoms with Gasteiger partial charge in [-0.2, -0.15) is 0 Å². The molecule has 0 saturated carbocycles. The number of hydrogen-bond donors (Lipinski definition) is 2. The van der Waals surface area contributed by atoms with Crippen molar-refractivity contribution in [3.05, 3.63) is 29.3 Å². The monoisotopic (exact) mass is 246 g/mol. The van der Waals surface area contributed by atoms with Crippen molar-refractivity contribution in [3.8, 4) is 0 Å². The normalized spacial score (nSPS) is 18.2. The summed E-state index contributed by atoms with van der Waals surface area (Å²) in [5, 5.41) is 5.69. The van der Waals surface area contributed by atoms with Crippen LogP contribution in [0, 0.1) is 6.92 Å². The number of nitrogens with one attached hydrogen (secondary N) is 2. The molecule has 0 aromatic heterocycles. The molecular formula is C14H18N2O2. The molecule has 1 aliphatic rings. The molecule has 1 aliphatic heterocycles. The summed E-state index contributed by atoms with van der Waals surface area (Å²) in [5.41, 5.74) is 2.73. The van der Waals surface area contributed by atoms with Crippen LogP contribution in [0.5, 0.6) is 0 Å². The first-order chi connectivity index (χ1) is 8.47. The lowest BCUT2D eigenvalue weighted by molar-refractivity contribution is -0.126. The Labute approximate surface area is 107 Å². The molecule has 1 aromatic rings. The number of anilines is 1.